The second-order valence-corrected chi connectivity index (χ2v) is 11.1. The minimum absolute atomic E-state index is 0.0639. The first kappa shape index (κ1) is 25.3. The van der Waals surface area contributed by atoms with E-state index >= 15 is 0 Å². The average Bonchev–Trinajstić information content (AvgIpc) is 3.27. The van der Waals surface area contributed by atoms with Crippen molar-refractivity contribution < 1.29 is 18.4 Å². The monoisotopic (exact) mass is 532 g/mol. The minimum atomic E-state index is -2.68. The Labute approximate surface area is 216 Å². The van der Waals surface area contributed by atoms with Crippen molar-refractivity contribution in [3.8, 4) is 0 Å². The molecule has 1 atom stereocenters. The number of thiophene rings is 1. The van der Waals surface area contributed by atoms with E-state index in [9.17, 15) is 18.4 Å². The van der Waals surface area contributed by atoms with Gasteiger partial charge >= 0.3 is 0 Å². The number of aromatic nitrogens is 5. The lowest BCUT2D eigenvalue weighted by Crippen LogP contribution is -2.29. The predicted octanol–water partition coefficient (Wildman–Crippen LogP) is 4.22. The molecule has 0 spiro atoms. The van der Waals surface area contributed by atoms with Crippen LogP contribution in [0.15, 0.2) is 12.4 Å². The molecule has 1 saturated carbocycles. The van der Waals surface area contributed by atoms with Crippen molar-refractivity contribution >= 4 is 39.9 Å². The number of carbonyl (C=O) groups excluding carboxylic acids is 2. The lowest BCUT2D eigenvalue weighted by Gasteiger charge is -2.25. The highest BCUT2D eigenvalue weighted by Crippen LogP contribution is 2.42. The lowest BCUT2D eigenvalue weighted by molar-refractivity contribution is -0.118. The summed E-state index contributed by atoms with van der Waals surface area (Å²) in [7, 11) is 1.58. The molecule has 10 nitrogen and oxygen atoms in total. The summed E-state index contributed by atoms with van der Waals surface area (Å²) in [6, 6.07) is 1.22. The van der Waals surface area contributed by atoms with E-state index in [2.05, 4.69) is 31.2 Å². The predicted molar refractivity (Wildman–Crippen MR) is 135 cm³/mol. The van der Waals surface area contributed by atoms with Crippen LogP contribution in [-0.4, -0.2) is 42.9 Å². The van der Waals surface area contributed by atoms with Gasteiger partial charge in [0.25, 0.3) is 12.3 Å². The lowest BCUT2D eigenvalue weighted by atomic mass is 9.91. The zero-order chi connectivity index (χ0) is 26.3. The number of alkyl halides is 2. The number of carbonyl (C=O) groups is 2. The molecule has 3 aromatic heterocycles. The number of halogens is 2. The molecule has 3 aromatic rings. The topological polar surface area (TPSA) is 119 Å². The zero-order valence-electron chi connectivity index (χ0n) is 20.9. The Morgan fingerprint density at radius 3 is 2.70 bits per heavy atom. The van der Waals surface area contributed by atoms with Gasteiger partial charge in [0.1, 0.15) is 22.8 Å². The maximum Gasteiger partial charge on any atom is 0.282 e. The number of rotatable bonds is 9. The van der Waals surface area contributed by atoms with E-state index in [0.717, 1.165) is 36.1 Å². The summed E-state index contributed by atoms with van der Waals surface area (Å²) >= 11 is 1.47. The van der Waals surface area contributed by atoms with Gasteiger partial charge in [-0.1, -0.05) is 13.8 Å². The highest BCUT2D eigenvalue weighted by molar-refractivity contribution is 7.17. The molecule has 1 fully saturated rings. The number of nitrogens with one attached hydrogen (secondary N) is 3. The molecule has 1 unspecified atom stereocenters. The quantitative estimate of drug-likeness (QED) is 0.380. The standard InChI is InChI=1S/C24H30F2N8O2S/c1-12(2)21(35)30-23-19(22(36)27-10-13-4-5-13)15-8-14(6-7-17(15)37-23)34-11-28-31-24(34)29-18-9-16(20(25)26)32-33(18)3/h9,11-14,20H,4-8,10H2,1-3H3,(H,27,36)(H,29,31)(H,30,35). The Hall–Kier alpha value is -3.35. The van der Waals surface area contributed by atoms with Crippen molar-refractivity contribution in [2.45, 2.75) is 58.4 Å². The Morgan fingerprint density at radius 1 is 1.24 bits per heavy atom. The molecule has 2 amide bonds. The first-order valence-electron chi connectivity index (χ1n) is 12.4. The number of fused-ring (bicyclic) bond motifs is 1. The van der Waals surface area contributed by atoms with Gasteiger partial charge < -0.3 is 16.0 Å². The van der Waals surface area contributed by atoms with Gasteiger partial charge in [0.15, 0.2) is 0 Å². The fraction of sp³-hybridized carbons (Fsp3) is 0.542. The molecule has 0 aromatic carbocycles. The van der Waals surface area contributed by atoms with Crippen LogP contribution in [0, 0.1) is 11.8 Å². The molecular weight excluding hydrogens is 502 g/mol. The minimum Gasteiger partial charge on any atom is -0.352 e. The van der Waals surface area contributed by atoms with Crippen LogP contribution in [0.2, 0.25) is 0 Å². The van der Waals surface area contributed by atoms with Crippen molar-refractivity contribution in [3.05, 3.63) is 34.1 Å². The summed E-state index contributed by atoms with van der Waals surface area (Å²) in [6.07, 6.45) is 3.22. The van der Waals surface area contributed by atoms with E-state index < -0.39 is 6.43 Å². The number of hydrogen-bond donors (Lipinski definition) is 3. The summed E-state index contributed by atoms with van der Waals surface area (Å²) in [4.78, 5) is 26.9. The molecule has 0 aliphatic heterocycles. The van der Waals surface area contributed by atoms with Gasteiger partial charge in [0, 0.05) is 36.5 Å². The number of anilines is 3. The maximum atomic E-state index is 13.3. The van der Waals surface area contributed by atoms with Gasteiger partial charge in [-0.05, 0) is 43.6 Å². The van der Waals surface area contributed by atoms with Crippen LogP contribution in [-0.2, 0) is 24.7 Å². The van der Waals surface area contributed by atoms with Crippen LogP contribution in [0.3, 0.4) is 0 Å². The Morgan fingerprint density at radius 2 is 2.03 bits per heavy atom. The largest absolute Gasteiger partial charge is 0.352 e. The smallest absolute Gasteiger partial charge is 0.282 e. The van der Waals surface area contributed by atoms with E-state index in [-0.39, 0.29) is 29.5 Å². The van der Waals surface area contributed by atoms with Crippen LogP contribution < -0.4 is 16.0 Å². The normalized spacial score (nSPS) is 17.2. The molecular formula is C24H30F2N8O2S. The third kappa shape index (κ3) is 5.36. The molecule has 0 saturated heterocycles. The van der Waals surface area contributed by atoms with Crippen molar-refractivity contribution in [1.82, 2.24) is 29.9 Å². The highest BCUT2D eigenvalue weighted by atomic mass is 32.1. The SMILES string of the molecule is CC(C)C(=O)Nc1sc2c(c1C(=O)NCC1CC1)CC(n1cnnc1Nc1cc(C(F)F)nn1C)CC2. The summed E-state index contributed by atoms with van der Waals surface area (Å²) in [5.74, 6) is 0.799. The second kappa shape index (κ2) is 10.2. The van der Waals surface area contributed by atoms with Crippen LogP contribution in [0.5, 0.6) is 0 Å². The van der Waals surface area contributed by atoms with Gasteiger partial charge in [-0.25, -0.2) is 8.78 Å². The number of nitrogens with zero attached hydrogens (tertiary/aromatic N) is 5. The number of amides is 2. The molecule has 2 aliphatic carbocycles. The van der Waals surface area contributed by atoms with Crippen molar-refractivity contribution in [3.63, 3.8) is 0 Å². The van der Waals surface area contributed by atoms with Crippen LogP contribution in [0.25, 0.3) is 0 Å². The van der Waals surface area contributed by atoms with Gasteiger partial charge in [-0.15, -0.1) is 21.5 Å². The van der Waals surface area contributed by atoms with E-state index in [1.165, 1.54) is 22.1 Å². The first-order chi connectivity index (χ1) is 17.7. The van der Waals surface area contributed by atoms with Gasteiger partial charge in [0.05, 0.1) is 5.56 Å². The van der Waals surface area contributed by atoms with Crippen molar-refractivity contribution in [2.75, 3.05) is 17.2 Å². The molecule has 0 bridgehead atoms. The fourth-order valence-electron chi connectivity index (χ4n) is 4.46. The average molecular weight is 533 g/mol. The first-order valence-corrected chi connectivity index (χ1v) is 13.2. The van der Waals surface area contributed by atoms with E-state index in [1.54, 1.807) is 13.4 Å². The molecule has 198 valence electrons. The molecule has 3 heterocycles. The molecule has 2 aliphatic rings. The molecule has 5 rings (SSSR count). The van der Waals surface area contributed by atoms with Gasteiger partial charge in [-0.3, -0.25) is 18.8 Å². The number of aryl methyl sites for hydroxylation is 2. The molecule has 3 N–H and O–H groups in total. The summed E-state index contributed by atoms with van der Waals surface area (Å²) in [5.41, 5.74) is 1.14. The summed E-state index contributed by atoms with van der Waals surface area (Å²) in [6.45, 7) is 4.27. The molecule has 37 heavy (non-hydrogen) atoms. The zero-order valence-corrected chi connectivity index (χ0v) is 21.7. The van der Waals surface area contributed by atoms with E-state index in [4.69, 9.17) is 0 Å². The third-order valence-corrected chi connectivity index (χ3v) is 8.01. The van der Waals surface area contributed by atoms with Crippen molar-refractivity contribution in [1.29, 1.82) is 0 Å². The fourth-order valence-corrected chi connectivity index (χ4v) is 5.71. The van der Waals surface area contributed by atoms with E-state index in [1.807, 2.05) is 18.4 Å². The Bertz CT molecular complexity index is 1310. The van der Waals surface area contributed by atoms with Crippen LogP contribution in [0.1, 0.15) is 72.1 Å². The van der Waals surface area contributed by atoms with Gasteiger partial charge in [0.2, 0.25) is 11.9 Å². The highest BCUT2D eigenvalue weighted by Gasteiger charge is 2.32. The van der Waals surface area contributed by atoms with Crippen LogP contribution >= 0.6 is 11.3 Å². The van der Waals surface area contributed by atoms with Crippen LogP contribution in [0.4, 0.5) is 25.5 Å². The summed E-state index contributed by atoms with van der Waals surface area (Å²) < 4.78 is 29.4. The third-order valence-electron chi connectivity index (χ3n) is 6.80. The Balaban J connectivity index is 1.41. The van der Waals surface area contributed by atoms with E-state index in [0.29, 0.717) is 41.2 Å². The van der Waals surface area contributed by atoms with Gasteiger partial charge in [-0.2, -0.15) is 5.10 Å². The maximum absolute atomic E-state index is 13.3. The molecule has 0 radical (unpaired) electrons. The second-order valence-electron chi connectivity index (χ2n) is 9.97. The molecule has 13 heteroatoms. The number of hydrogen-bond acceptors (Lipinski definition) is 7. The Kier molecular flexibility index (Phi) is 6.97. The summed E-state index contributed by atoms with van der Waals surface area (Å²) in [5, 5.41) is 21.7. The van der Waals surface area contributed by atoms with Crippen molar-refractivity contribution in [2.24, 2.45) is 18.9 Å².